The highest BCUT2D eigenvalue weighted by molar-refractivity contribution is 5.76. The van der Waals surface area contributed by atoms with Crippen LogP contribution < -0.4 is 5.32 Å². The predicted octanol–water partition coefficient (Wildman–Crippen LogP) is 13.6. The van der Waals surface area contributed by atoms with Crippen LogP contribution in [0.15, 0.2) is 12.2 Å². The summed E-state index contributed by atoms with van der Waals surface area (Å²) in [4.78, 5) is 13.0. The molecule has 0 spiro atoms. The van der Waals surface area contributed by atoms with Crippen LogP contribution in [0.2, 0.25) is 0 Å². The number of nitrogens with one attached hydrogen (secondary N) is 1. The van der Waals surface area contributed by atoms with Gasteiger partial charge in [0, 0.05) is 6.42 Å². The van der Waals surface area contributed by atoms with Crippen LogP contribution in [0.25, 0.3) is 0 Å². The Balaban J connectivity index is 2.09. The number of carbonyl (C=O) groups excluding carboxylic acids is 1. The van der Waals surface area contributed by atoms with Crippen molar-refractivity contribution in [3.63, 3.8) is 0 Å². The van der Waals surface area contributed by atoms with Crippen molar-refractivity contribution in [1.29, 1.82) is 0 Å². The van der Waals surface area contributed by atoms with Crippen molar-refractivity contribution < 1.29 is 39.8 Å². The van der Waals surface area contributed by atoms with E-state index in [1.165, 1.54) is 225 Å². The number of carbonyl (C=O) groups is 1. The number of aliphatic hydroxyl groups excluding tert-OH is 5. The zero-order valence-corrected chi connectivity index (χ0v) is 42.8. The fourth-order valence-electron chi connectivity index (χ4n) is 9.34. The van der Waals surface area contributed by atoms with Crippen LogP contribution in [0.5, 0.6) is 0 Å². The largest absolute Gasteiger partial charge is 0.394 e. The summed E-state index contributed by atoms with van der Waals surface area (Å²) in [6.07, 6.45) is 50.2. The molecule has 9 heteroatoms. The van der Waals surface area contributed by atoms with Crippen molar-refractivity contribution in [3.05, 3.63) is 12.2 Å². The number of ether oxygens (including phenoxy) is 2. The van der Waals surface area contributed by atoms with Crippen LogP contribution in [0.1, 0.15) is 284 Å². The molecule has 7 unspecified atom stereocenters. The van der Waals surface area contributed by atoms with Crippen molar-refractivity contribution in [1.82, 2.24) is 5.32 Å². The fourth-order valence-corrected chi connectivity index (χ4v) is 9.34. The van der Waals surface area contributed by atoms with Gasteiger partial charge in [0.1, 0.15) is 24.4 Å². The van der Waals surface area contributed by atoms with Crippen molar-refractivity contribution in [2.45, 2.75) is 326 Å². The molecule has 1 amide bonds. The maximum absolute atomic E-state index is 13.0. The minimum atomic E-state index is -1.56. The van der Waals surface area contributed by atoms with Gasteiger partial charge in [-0.1, -0.05) is 270 Å². The summed E-state index contributed by atoms with van der Waals surface area (Å²) in [5.74, 6) is -0.172. The van der Waals surface area contributed by atoms with Crippen molar-refractivity contribution in [3.8, 4) is 0 Å². The zero-order chi connectivity index (χ0) is 47.3. The van der Waals surface area contributed by atoms with E-state index >= 15 is 0 Å². The molecule has 0 aromatic heterocycles. The van der Waals surface area contributed by atoms with Gasteiger partial charge in [-0.3, -0.25) is 4.79 Å². The van der Waals surface area contributed by atoms with Gasteiger partial charge in [0.05, 0.1) is 25.4 Å². The summed E-state index contributed by atoms with van der Waals surface area (Å²) in [6, 6.07) is -0.798. The number of rotatable bonds is 49. The highest BCUT2D eigenvalue weighted by Gasteiger charge is 2.44. The summed E-state index contributed by atoms with van der Waals surface area (Å²) < 4.78 is 11.2. The van der Waals surface area contributed by atoms with Crippen molar-refractivity contribution in [2.75, 3.05) is 13.2 Å². The van der Waals surface area contributed by atoms with Gasteiger partial charge in [-0.05, 0) is 19.3 Å². The van der Waals surface area contributed by atoms with E-state index < -0.39 is 49.5 Å². The van der Waals surface area contributed by atoms with Crippen molar-refractivity contribution in [2.24, 2.45) is 0 Å². The normalized spacial score (nSPS) is 19.9. The molecule has 1 fully saturated rings. The number of unbranched alkanes of at least 4 members (excludes halogenated alkanes) is 39. The molecule has 1 aliphatic rings. The maximum Gasteiger partial charge on any atom is 0.220 e. The lowest BCUT2D eigenvalue weighted by Crippen LogP contribution is -2.60. The molecule has 386 valence electrons. The highest BCUT2D eigenvalue weighted by Crippen LogP contribution is 2.23. The van der Waals surface area contributed by atoms with Gasteiger partial charge in [0.25, 0.3) is 0 Å². The van der Waals surface area contributed by atoms with Gasteiger partial charge in [-0.25, -0.2) is 0 Å². The number of amides is 1. The van der Waals surface area contributed by atoms with E-state index in [1.54, 1.807) is 6.08 Å². The lowest BCUT2D eigenvalue weighted by molar-refractivity contribution is -0.302. The van der Waals surface area contributed by atoms with Gasteiger partial charge in [0.15, 0.2) is 6.29 Å². The van der Waals surface area contributed by atoms with Gasteiger partial charge in [-0.2, -0.15) is 0 Å². The molecule has 1 rings (SSSR count). The van der Waals surface area contributed by atoms with E-state index in [1.807, 2.05) is 6.08 Å². The summed E-state index contributed by atoms with van der Waals surface area (Å²) in [5, 5.41) is 54.3. The van der Waals surface area contributed by atoms with E-state index in [0.717, 1.165) is 38.5 Å². The second-order valence-electron chi connectivity index (χ2n) is 20.1. The Morgan fingerprint density at radius 2 is 0.846 bits per heavy atom. The number of allylic oxidation sites excluding steroid dienone is 1. The average Bonchev–Trinajstić information content (AvgIpc) is 3.31. The highest BCUT2D eigenvalue weighted by atomic mass is 16.7. The number of aliphatic hydroxyl groups is 5. The van der Waals surface area contributed by atoms with Gasteiger partial charge >= 0.3 is 0 Å². The Bertz CT molecular complexity index is 1030. The first kappa shape index (κ1) is 61.9. The maximum atomic E-state index is 13.0. The van der Waals surface area contributed by atoms with E-state index in [4.69, 9.17) is 9.47 Å². The molecule has 0 aromatic carbocycles. The first-order valence-corrected chi connectivity index (χ1v) is 28.4. The third kappa shape index (κ3) is 36.6. The first-order chi connectivity index (χ1) is 31.8. The molecule has 0 saturated carbocycles. The smallest absolute Gasteiger partial charge is 0.220 e. The Morgan fingerprint density at radius 1 is 0.508 bits per heavy atom. The topological polar surface area (TPSA) is 149 Å². The lowest BCUT2D eigenvalue weighted by atomic mass is 9.99. The monoisotopic (exact) mass is 924 g/mol. The summed E-state index contributed by atoms with van der Waals surface area (Å²) in [7, 11) is 0. The fraction of sp³-hybridized carbons (Fsp3) is 0.946. The second-order valence-corrected chi connectivity index (χ2v) is 20.1. The molecule has 7 atom stereocenters. The molecule has 0 bridgehead atoms. The summed E-state index contributed by atoms with van der Waals surface area (Å²) >= 11 is 0. The Morgan fingerprint density at radius 3 is 1.20 bits per heavy atom. The van der Waals surface area contributed by atoms with E-state index in [9.17, 15) is 30.3 Å². The van der Waals surface area contributed by atoms with Gasteiger partial charge in [-0.15, -0.1) is 0 Å². The van der Waals surface area contributed by atoms with Gasteiger partial charge < -0.3 is 40.3 Å². The van der Waals surface area contributed by atoms with Crippen LogP contribution in [-0.2, 0) is 14.3 Å². The van der Waals surface area contributed by atoms with Crippen LogP contribution in [0.3, 0.4) is 0 Å². The second kappa shape index (κ2) is 46.6. The third-order valence-electron chi connectivity index (χ3n) is 13.9. The molecule has 1 aliphatic heterocycles. The predicted molar refractivity (Wildman–Crippen MR) is 272 cm³/mol. The Hall–Kier alpha value is -1.07. The van der Waals surface area contributed by atoms with Gasteiger partial charge in [0.2, 0.25) is 5.91 Å². The SMILES string of the molecule is CCCCCCCCCCC/C=C/C(O)C(COC1OC(CO)C(O)C(O)C1O)NC(=O)CCCCCCCCCCCCCCCCCCCCCCCCCCCCCCCCC. The zero-order valence-electron chi connectivity index (χ0n) is 42.8. The quantitative estimate of drug-likeness (QED) is 0.0261. The molecule has 1 saturated heterocycles. The Kier molecular flexibility index (Phi) is 44.5. The minimum Gasteiger partial charge on any atom is -0.394 e. The molecule has 0 aromatic rings. The third-order valence-corrected chi connectivity index (χ3v) is 13.9. The van der Waals surface area contributed by atoms with E-state index in [-0.39, 0.29) is 12.5 Å². The molecule has 65 heavy (non-hydrogen) atoms. The number of hydrogen-bond donors (Lipinski definition) is 6. The number of hydrogen-bond acceptors (Lipinski definition) is 8. The molecule has 9 nitrogen and oxygen atoms in total. The molecular weight excluding hydrogens is 815 g/mol. The molecule has 6 N–H and O–H groups in total. The minimum absolute atomic E-state index is 0.172. The standard InChI is InChI=1S/C56H109NO8/c1-3-5-7-9-11-13-15-16-17-18-19-20-21-22-23-24-25-26-27-28-29-30-31-32-33-34-36-38-40-42-44-46-52(60)57-49(48-64-56-55(63)54(62)53(61)51(47-58)65-56)50(59)45-43-41-39-37-35-14-12-10-8-6-4-2/h43,45,49-51,53-56,58-59,61-63H,3-42,44,46-48H2,1-2H3,(H,57,60)/b45-43+. The van der Waals surface area contributed by atoms with Crippen LogP contribution in [0, 0.1) is 0 Å². The average molecular weight is 924 g/mol. The van der Waals surface area contributed by atoms with Crippen molar-refractivity contribution >= 4 is 5.91 Å². The lowest BCUT2D eigenvalue weighted by Gasteiger charge is -2.40. The Labute approximate surface area is 401 Å². The van der Waals surface area contributed by atoms with E-state index in [2.05, 4.69) is 19.2 Å². The van der Waals surface area contributed by atoms with Crippen LogP contribution in [-0.4, -0.2) is 87.5 Å². The summed E-state index contributed by atoms with van der Waals surface area (Å²) in [5.41, 5.74) is 0. The van der Waals surface area contributed by atoms with E-state index in [0.29, 0.717) is 6.42 Å². The van der Waals surface area contributed by atoms with Crippen LogP contribution in [0.4, 0.5) is 0 Å². The first-order valence-electron chi connectivity index (χ1n) is 28.4. The molecule has 0 aliphatic carbocycles. The molecular formula is C56H109NO8. The molecule has 1 heterocycles. The van der Waals surface area contributed by atoms with Crippen LogP contribution >= 0.6 is 0 Å². The summed E-state index contributed by atoms with van der Waals surface area (Å²) in [6.45, 7) is 3.79. The molecule has 0 radical (unpaired) electrons.